The van der Waals surface area contributed by atoms with E-state index in [1.165, 1.54) is 25.8 Å². The van der Waals surface area contributed by atoms with Crippen LogP contribution in [0.15, 0.2) is 0 Å². The van der Waals surface area contributed by atoms with Crippen molar-refractivity contribution < 1.29 is 19.5 Å². The average molecular weight is 273 g/mol. The Balaban J connectivity index is 4.85. The van der Waals surface area contributed by atoms with E-state index in [1.807, 2.05) is 0 Å². The zero-order chi connectivity index (χ0) is 15.2. The number of nitrogens with one attached hydrogen (secondary N) is 1. The maximum absolute atomic E-state index is 12.2. The Labute approximate surface area is 113 Å². The molecule has 0 aromatic carbocycles. The number of likely N-dealkylation sites (N-methyl/N-ethyl adjacent to an activating group) is 3. The summed E-state index contributed by atoms with van der Waals surface area (Å²) < 4.78 is 0. The molecule has 0 spiro atoms. The summed E-state index contributed by atoms with van der Waals surface area (Å²) in [6.07, 6.45) is 0. The van der Waals surface area contributed by atoms with Crippen LogP contribution in [-0.4, -0.2) is 65.0 Å². The Morgan fingerprint density at radius 3 is 2.11 bits per heavy atom. The molecule has 0 fully saturated rings. The van der Waals surface area contributed by atoms with E-state index in [0.29, 0.717) is 13.1 Å². The van der Waals surface area contributed by atoms with Crippen LogP contribution in [0.25, 0.3) is 0 Å². The molecule has 0 aliphatic rings. The predicted octanol–water partition coefficient (Wildman–Crippen LogP) is 0.359. The summed E-state index contributed by atoms with van der Waals surface area (Å²) in [7, 11) is 1.41. The summed E-state index contributed by atoms with van der Waals surface area (Å²) in [5.41, 5.74) is -1.33. The molecular weight excluding hydrogens is 250 g/mol. The van der Waals surface area contributed by atoms with E-state index in [1.54, 1.807) is 13.8 Å². The molecule has 0 saturated carbocycles. The molecule has 0 aliphatic carbocycles. The van der Waals surface area contributed by atoms with Crippen molar-refractivity contribution in [3.8, 4) is 0 Å². The summed E-state index contributed by atoms with van der Waals surface area (Å²) in [6, 6.07) is -0.485. The Morgan fingerprint density at radius 2 is 1.74 bits per heavy atom. The highest BCUT2D eigenvalue weighted by Crippen LogP contribution is 2.14. The van der Waals surface area contributed by atoms with Crippen LogP contribution in [0.3, 0.4) is 0 Å². The maximum atomic E-state index is 12.2. The molecule has 0 unspecified atom stereocenters. The molecule has 7 nitrogen and oxygen atoms in total. The van der Waals surface area contributed by atoms with Crippen molar-refractivity contribution in [3.05, 3.63) is 0 Å². The number of carbonyl (C=O) groups excluding carboxylic acids is 2. The van der Waals surface area contributed by atoms with Crippen LogP contribution in [0.4, 0.5) is 4.79 Å². The second-order valence-corrected chi connectivity index (χ2v) is 4.67. The smallest absolute Gasteiger partial charge is 0.329 e. The molecule has 7 heteroatoms. The number of carboxylic acid groups (broad SMARTS) is 1. The van der Waals surface area contributed by atoms with E-state index in [-0.39, 0.29) is 12.5 Å². The van der Waals surface area contributed by atoms with Gasteiger partial charge in [-0.3, -0.25) is 4.79 Å². The van der Waals surface area contributed by atoms with Gasteiger partial charge in [0, 0.05) is 20.1 Å². The average Bonchev–Trinajstić information content (AvgIpc) is 2.34. The standard InChI is InChI=1S/C12H23N3O4/c1-6-13-9(16)8-15(7-2)11(19)14(5)12(3,4)10(17)18/h6-8H2,1-5H3,(H,13,16)(H,17,18). The van der Waals surface area contributed by atoms with Crippen LogP contribution in [0.2, 0.25) is 0 Å². The first kappa shape index (κ1) is 17.2. The van der Waals surface area contributed by atoms with Crippen LogP contribution in [-0.2, 0) is 9.59 Å². The third-order valence-electron chi connectivity index (χ3n) is 3.01. The Morgan fingerprint density at radius 1 is 1.21 bits per heavy atom. The fourth-order valence-corrected chi connectivity index (χ4v) is 1.34. The molecular formula is C12H23N3O4. The molecule has 2 N–H and O–H groups in total. The van der Waals surface area contributed by atoms with Gasteiger partial charge >= 0.3 is 12.0 Å². The maximum Gasteiger partial charge on any atom is 0.329 e. The molecule has 0 aromatic rings. The SMILES string of the molecule is CCNC(=O)CN(CC)C(=O)N(C)C(C)(C)C(=O)O. The highest BCUT2D eigenvalue weighted by atomic mass is 16.4. The number of carbonyl (C=O) groups is 3. The van der Waals surface area contributed by atoms with Crippen molar-refractivity contribution >= 4 is 17.9 Å². The van der Waals surface area contributed by atoms with Crippen molar-refractivity contribution in [2.75, 3.05) is 26.7 Å². The van der Waals surface area contributed by atoms with Crippen LogP contribution < -0.4 is 5.32 Å². The zero-order valence-electron chi connectivity index (χ0n) is 12.2. The second kappa shape index (κ2) is 6.96. The monoisotopic (exact) mass is 273 g/mol. The quantitative estimate of drug-likeness (QED) is 0.731. The fourth-order valence-electron chi connectivity index (χ4n) is 1.34. The molecule has 0 atom stereocenters. The minimum absolute atomic E-state index is 0.0801. The van der Waals surface area contributed by atoms with E-state index >= 15 is 0 Å². The first-order chi connectivity index (χ1) is 8.68. The summed E-state index contributed by atoms with van der Waals surface area (Å²) >= 11 is 0. The van der Waals surface area contributed by atoms with Crippen molar-refractivity contribution in [2.45, 2.75) is 33.2 Å². The lowest BCUT2D eigenvalue weighted by atomic mass is 10.0. The van der Waals surface area contributed by atoms with Gasteiger partial charge in [-0.05, 0) is 27.7 Å². The van der Waals surface area contributed by atoms with E-state index in [4.69, 9.17) is 5.11 Å². The number of rotatable bonds is 6. The molecule has 0 radical (unpaired) electrons. The number of nitrogens with zero attached hydrogens (tertiary/aromatic N) is 2. The van der Waals surface area contributed by atoms with Gasteiger partial charge in [0.25, 0.3) is 0 Å². The first-order valence-electron chi connectivity index (χ1n) is 6.21. The first-order valence-corrected chi connectivity index (χ1v) is 6.21. The van der Waals surface area contributed by atoms with Crippen molar-refractivity contribution in [3.63, 3.8) is 0 Å². The van der Waals surface area contributed by atoms with Gasteiger partial charge in [0.15, 0.2) is 0 Å². The summed E-state index contributed by atoms with van der Waals surface area (Å²) in [5.74, 6) is -1.36. The molecule has 110 valence electrons. The topological polar surface area (TPSA) is 90.0 Å². The Hall–Kier alpha value is -1.79. The van der Waals surface area contributed by atoms with Crippen LogP contribution in [0.5, 0.6) is 0 Å². The number of hydrogen-bond donors (Lipinski definition) is 2. The van der Waals surface area contributed by atoms with E-state index in [0.717, 1.165) is 4.90 Å². The van der Waals surface area contributed by atoms with Crippen molar-refractivity contribution in [2.24, 2.45) is 0 Å². The second-order valence-electron chi connectivity index (χ2n) is 4.67. The highest BCUT2D eigenvalue weighted by Gasteiger charge is 2.37. The van der Waals surface area contributed by atoms with E-state index < -0.39 is 17.5 Å². The molecule has 0 aromatic heterocycles. The number of urea groups is 1. The lowest BCUT2D eigenvalue weighted by Crippen LogP contribution is -2.56. The number of aliphatic carboxylic acids is 1. The van der Waals surface area contributed by atoms with Crippen LogP contribution >= 0.6 is 0 Å². The van der Waals surface area contributed by atoms with Gasteiger partial charge in [0.2, 0.25) is 5.91 Å². The van der Waals surface area contributed by atoms with Crippen LogP contribution in [0.1, 0.15) is 27.7 Å². The predicted molar refractivity (Wildman–Crippen MR) is 70.8 cm³/mol. The van der Waals surface area contributed by atoms with Gasteiger partial charge in [-0.25, -0.2) is 9.59 Å². The van der Waals surface area contributed by atoms with Gasteiger partial charge in [0.05, 0.1) is 0 Å². The molecule has 0 aliphatic heterocycles. The largest absolute Gasteiger partial charge is 0.480 e. The van der Waals surface area contributed by atoms with E-state index in [9.17, 15) is 14.4 Å². The zero-order valence-corrected chi connectivity index (χ0v) is 12.2. The van der Waals surface area contributed by atoms with Crippen molar-refractivity contribution in [1.29, 1.82) is 0 Å². The molecule has 0 bridgehead atoms. The number of carboxylic acids is 1. The Bertz CT molecular complexity index is 355. The lowest BCUT2D eigenvalue weighted by molar-refractivity contribution is -0.147. The molecule has 0 rings (SSSR count). The van der Waals surface area contributed by atoms with Gasteiger partial charge in [-0.1, -0.05) is 0 Å². The minimum atomic E-state index is -1.33. The summed E-state index contributed by atoms with van der Waals surface area (Å²) in [6.45, 7) is 7.13. The molecule has 3 amide bonds. The molecule has 19 heavy (non-hydrogen) atoms. The number of hydrogen-bond acceptors (Lipinski definition) is 3. The summed E-state index contributed by atoms with van der Waals surface area (Å²) in [5, 5.41) is 11.7. The molecule has 0 heterocycles. The molecule has 0 saturated heterocycles. The highest BCUT2D eigenvalue weighted by molar-refractivity contribution is 5.88. The van der Waals surface area contributed by atoms with E-state index in [2.05, 4.69) is 5.32 Å². The van der Waals surface area contributed by atoms with Crippen molar-refractivity contribution in [1.82, 2.24) is 15.1 Å². The van der Waals surface area contributed by atoms with Gasteiger partial charge in [0.1, 0.15) is 12.1 Å². The third kappa shape index (κ3) is 4.42. The van der Waals surface area contributed by atoms with Gasteiger partial charge in [-0.15, -0.1) is 0 Å². The minimum Gasteiger partial charge on any atom is -0.480 e. The normalized spacial score (nSPS) is 10.8. The van der Waals surface area contributed by atoms with Gasteiger partial charge in [-0.2, -0.15) is 0 Å². The third-order valence-corrected chi connectivity index (χ3v) is 3.01. The lowest BCUT2D eigenvalue weighted by Gasteiger charge is -2.35. The summed E-state index contributed by atoms with van der Waals surface area (Å²) in [4.78, 5) is 37.2. The Kier molecular flexibility index (Phi) is 6.31. The van der Waals surface area contributed by atoms with Crippen LogP contribution in [0, 0.1) is 0 Å². The fraction of sp³-hybridized carbons (Fsp3) is 0.750. The van der Waals surface area contributed by atoms with Gasteiger partial charge < -0.3 is 20.2 Å². The number of amides is 3.